The standard InChI is InChI=1S/C21H25ClN2O3/c1-14-8-10-23(11-9-14)19-18(15-4-6-16(22)7-5-15)20(25)24(21(19)26)13-17-3-2-12-27-17/h4-7,14,17H,2-3,8-13H2,1H3. The maximum absolute atomic E-state index is 13.3. The zero-order chi connectivity index (χ0) is 19.0. The number of hydrogen-bond acceptors (Lipinski definition) is 4. The van der Waals surface area contributed by atoms with Gasteiger partial charge in [-0.3, -0.25) is 14.5 Å². The van der Waals surface area contributed by atoms with E-state index >= 15 is 0 Å². The molecule has 2 amide bonds. The molecule has 6 heteroatoms. The summed E-state index contributed by atoms with van der Waals surface area (Å²) in [6.07, 6.45) is 3.89. The van der Waals surface area contributed by atoms with Gasteiger partial charge in [0.15, 0.2) is 0 Å². The average molecular weight is 389 g/mol. The number of rotatable bonds is 4. The van der Waals surface area contributed by atoms with Gasteiger partial charge in [-0.25, -0.2) is 0 Å². The highest BCUT2D eigenvalue weighted by molar-refractivity contribution is 6.36. The van der Waals surface area contributed by atoms with Gasteiger partial charge in [0.25, 0.3) is 11.8 Å². The Bertz CT molecular complexity index is 760. The number of piperidine rings is 1. The summed E-state index contributed by atoms with van der Waals surface area (Å²) in [4.78, 5) is 30.0. The Morgan fingerprint density at radius 2 is 1.78 bits per heavy atom. The molecule has 3 heterocycles. The monoisotopic (exact) mass is 388 g/mol. The molecular weight excluding hydrogens is 364 g/mol. The summed E-state index contributed by atoms with van der Waals surface area (Å²) in [7, 11) is 0. The second-order valence-corrected chi connectivity index (χ2v) is 8.19. The molecule has 3 aliphatic heterocycles. The van der Waals surface area contributed by atoms with Crippen molar-refractivity contribution in [3.63, 3.8) is 0 Å². The molecule has 0 aromatic heterocycles. The summed E-state index contributed by atoms with van der Waals surface area (Å²) in [5, 5.41) is 0.612. The molecule has 144 valence electrons. The lowest BCUT2D eigenvalue weighted by Gasteiger charge is -2.32. The normalized spacial score (nSPS) is 24.4. The minimum atomic E-state index is -0.216. The molecule has 27 heavy (non-hydrogen) atoms. The molecule has 2 fully saturated rings. The molecule has 1 unspecified atom stereocenters. The SMILES string of the molecule is CC1CCN(C2=C(c3ccc(Cl)cc3)C(=O)N(CC3CCCO3)C2=O)CC1. The number of likely N-dealkylation sites (tertiary alicyclic amines) is 1. The highest BCUT2D eigenvalue weighted by Gasteiger charge is 2.43. The van der Waals surface area contributed by atoms with Crippen molar-refractivity contribution in [2.45, 2.75) is 38.7 Å². The fraction of sp³-hybridized carbons (Fsp3) is 0.524. The van der Waals surface area contributed by atoms with Crippen molar-refractivity contribution in [2.75, 3.05) is 26.2 Å². The molecule has 2 saturated heterocycles. The summed E-state index contributed by atoms with van der Waals surface area (Å²) in [6, 6.07) is 7.18. The number of amides is 2. The van der Waals surface area contributed by atoms with Gasteiger partial charge in [-0.05, 0) is 49.3 Å². The Kier molecular flexibility index (Phi) is 5.24. The number of halogens is 1. The number of nitrogens with zero attached hydrogens (tertiary/aromatic N) is 2. The number of ether oxygens (including phenoxy) is 1. The molecule has 1 atom stereocenters. The molecule has 0 saturated carbocycles. The van der Waals surface area contributed by atoms with Gasteiger partial charge in [-0.2, -0.15) is 0 Å². The van der Waals surface area contributed by atoms with E-state index in [9.17, 15) is 9.59 Å². The van der Waals surface area contributed by atoms with Gasteiger partial charge in [0.05, 0.1) is 18.2 Å². The molecule has 0 bridgehead atoms. The highest BCUT2D eigenvalue weighted by atomic mass is 35.5. The van der Waals surface area contributed by atoms with Crippen molar-refractivity contribution < 1.29 is 14.3 Å². The van der Waals surface area contributed by atoms with E-state index in [4.69, 9.17) is 16.3 Å². The molecule has 0 radical (unpaired) electrons. The van der Waals surface area contributed by atoms with Crippen LogP contribution in [-0.4, -0.2) is 54.0 Å². The van der Waals surface area contributed by atoms with E-state index < -0.39 is 0 Å². The van der Waals surface area contributed by atoms with E-state index in [1.54, 1.807) is 12.1 Å². The molecule has 4 rings (SSSR count). The van der Waals surface area contributed by atoms with Gasteiger partial charge < -0.3 is 9.64 Å². The van der Waals surface area contributed by atoms with Crippen molar-refractivity contribution in [2.24, 2.45) is 5.92 Å². The molecule has 0 aliphatic carbocycles. The van der Waals surface area contributed by atoms with E-state index in [0.29, 0.717) is 35.4 Å². The van der Waals surface area contributed by atoms with E-state index in [1.165, 1.54) is 4.90 Å². The fourth-order valence-corrected chi connectivity index (χ4v) is 4.25. The van der Waals surface area contributed by atoms with Gasteiger partial charge in [-0.1, -0.05) is 30.7 Å². The summed E-state index contributed by atoms with van der Waals surface area (Å²) < 4.78 is 5.67. The smallest absolute Gasteiger partial charge is 0.277 e. The van der Waals surface area contributed by atoms with Crippen LogP contribution in [0, 0.1) is 5.92 Å². The minimum Gasteiger partial charge on any atom is -0.376 e. The minimum absolute atomic E-state index is 0.0508. The van der Waals surface area contributed by atoms with E-state index in [1.807, 2.05) is 12.1 Å². The van der Waals surface area contributed by atoms with Crippen LogP contribution in [0.15, 0.2) is 30.0 Å². The van der Waals surface area contributed by atoms with Crippen molar-refractivity contribution in [3.05, 3.63) is 40.5 Å². The number of hydrogen-bond donors (Lipinski definition) is 0. The lowest BCUT2D eigenvalue weighted by Crippen LogP contribution is -2.41. The van der Waals surface area contributed by atoms with Crippen LogP contribution >= 0.6 is 11.6 Å². The second kappa shape index (κ2) is 7.64. The summed E-state index contributed by atoms with van der Waals surface area (Å²) in [5.41, 5.74) is 1.80. The first-order valence-corrected chi connectivity index (χ1v) is 10.2. The number of carbonyl (C=O) groups is 2. The highest BCUT2D eigenvalue weighted by Crippen LogP contribution is 2.35. The first-order valence-electron chi connectivity index (χ1n) is 9.77. The van der Waals surface area contributed by atoms with Gasteiger partial charge in [0, 0.05) is 24.7 Å². The third kappa shape index (κ3) is 3.63. The molecule has 3 aliphatic rings. The van der Waals surface area contributed by atoms with Crippen LogP contribution in [0.1, 0.15) is 38.2 Å². The predicted molar refractivity (Wildman–Crippen MR) is 104 cm³/mol. The van der Waals surface area contributed by atoms with Crippen LogP contribution in [0.2, 0.25) is 5.02 Å². The number of imide groups is 1. The first-order chi connectivity index (χ1) is 13.0. The zero-order valence-corrected chi connectivity index (χ0v) is 16.4. The third-order valence-electron chi connectivity index (χ3n) is 5.79. The summed E-state index contributed by atoms with van der Waals surface area (Å²) in [6.45, 7) is 4.88. The maximum Gasteiger partial charge on any atom is 0.277 e. The Balaban J connectivity index is 1.68. The van der Waals surface area contributed by atoms with Crippen LogP contribution in [0.4, 0.5) is 0 Å². The van der Waals surface area contributed by atoms with Gasteiger partial charge in [-0.15, -0.1) is 0 Å². The average Bonchev–Trinajstić information content (AvgIpc) is 3.26. The third-order valence-corrected chi connectivity index (χ3v) is 6.04. The Morgan fingerprint density at radius 1 is 1.07 bits per heavy atom. The topological polar surface area (TPSA) is 49.9 Å². The summed E-state index contributed by atoms with van der Waals surface area (Å²) in [5.74, 6) is 0.248. The van der Waals surface area contributed by atoms with Crippen molar-refractivity contribution in [3.8, 4) is 0 Å². The van der Waals surface area contributed by atoms with Crippen LogP contribution in [0.3, 0.4) is 0 Å². The Morgan fingerprint density at radius 3 is 2.41 bits per heavy atom. The first kappa shape index (κ1) is 18.5. The molecule has 1 aromatic rings. The second-order valence-electron chi connectivity index (χ2n) is 7.76. The molecule has 1 aromatic carbocycles. The maximum atomic E-state index is 13.3. The fourth-order valence-electron chi connectivity index (χ4n) is 4.12. The zero-order valence-electron chi connectivity index (χ0n) is 15.6. The lowest BCUT2D eigenvalue weighted by molar-refractivity contribution is -0.139. The van der Waals surface area contributed by atoms with Crippen LogP contribution in [0.25, 0.3) is 5.57 Å². The Labute approximate surface area is 164 Å². The van der Waals surface area contributed by atoms with Crippen LogP contribution < -0.4 is 0 Å². The summed E-state index contributed by atoms with van der Waals surface area (Å²) >= 11 is 6.02. The van der Waals surface area contributed by atoms with Crippen molar-refractivity contribution >= 4 is 29.0 Å². The van der Waals surface area contributed by atoms with Crippen LogP contribution in [0.5, 0.6) is 0 Å². The lowest BCUT2D eigenvalue weighted by atomic mass is 9.97. The predicted octanol–water partition coefficient (Wildman–Crippen LogP) is 3.33. The van der Waals surface area contributed by atoms with Crippen LogP contribution in [-0.2, 0) is 14.3 Å². The van der Waals surface area contributed by atoms with Gasteiger partial charge in [0.1, 0.15) is 5.70 Å². The van der Waals surface area contributed by atoms with E-state index in [2.05, 4.69) is 11.8 Å². The van der Waals surface area contributed by atoms with E-state index in [-0.39, 0.29) is 17.9 Å². The quantitative estimate of drug-likeness (QED) is 0.742. The number of benzene rings is 1. The molecular formula is C21H25ClN2O3. The largest absolute Gasteiger partial charge is 0.376 e. The van der Waals surface area contributed by atoms with Crippen molar-refractivity contribution in [1.82, 2.24) is 9.80 Å². The van der Waals surface area contributed by atoms with Crippen molar-refractivity contribution in [1.29, 1.82) is 0 Å². The van der Waals surface area contributed by atoms with E-state index in [0.717, 1.165) is 44.3 Å². The number of carbonyl (C=O) groups excluding carboxylic acids is 2. The van der Waals surface area contributed by atoms with Gasteiger partial charge in [0.2, 0.25) is 0 Å². The molecule has 0 spiro atoms. The molecule has 5 nitrogen and oxygen atoms in total. The van der Waals surface area contributed by atoms with Gasteiger partial charge >= 0.3 is 0 Å². The molecule has 0 N–H and O–H groups in total. The Hall–Kier alpha value is -1.85.